The second kappa shape index (κ2) is 7.08. The Hall–Kier alpha value is -2.35. The summed E-state index contributed by atoms with van der Waals surface area (Å²) in [6.45, 7) is 0.829. The summed E-state index contributed by atoms with van der Waals surface area (Å²) < 4.78 is 25.7. The Bertz CT molecular complexity index is 717. The molecule has 0 aliphatic carbocycles. The molecule has 1 aromatic carbocycles. The fourth-order valence-corrected chi connectivity index (χ4v) is 2.49. The van der Waals surface area contributed by atoms with Crippen LogP contribution in [0.5, 0.6) is 5.75 Å². The molecule has 114 valence electrons. The summed E-state index contributed by atoms with van der Waals surface area (Å²) in [5.41, 5.74) is 0. The Kier molecular flexibility index (Phi) is 4.69. The lowest BCUT2D eigenvalue weighted by molar-refractivity contribution is 0.324. The monoisotopic (exact) mass is 320 g/mol. The molecule has 0 saturated heterocycles. The van der Waals surface area contributed by atoms with Crippen molar-refractivity contribution < 1.29 is 13.5 Å². The molecule has 0 N–H and O–H groups in total. The van der Waals surface area contributed by atoms with Crippen molar-refractivity contribution in [3.8, 4) is 5.75 Å². The number of rotatable bonds is 7. The Morgan fingerprint density at radius 1 is 1.23 bits per heavy atom. The minimum absolute atomic E-state index is 0.248. The molecule has 2 aromatic heterocycles. The number of thioether (sulfide) groups is 1. The lowest BCUT2D eigenvalue weighted by Crippen LogP contribution is -2.06. The summed E-state index contributed by atoms with van der Waals surface area (Å²) in [7, 11) is 0. The molecule has 3 aromatic rings. The van der Waals surface area contributed by atoms with Gasteiger partial charge in [0.15, 0.2) is 11.6 Å². The molecule has 0 aliphatic rings. The highest BCUT2D eigenvalue weighted by atomic mass is 32.2. The summed E-state index contributed by atoms with van der Waals surface area (Å²) in [6.07, 6.45) is 1.61. The minimum Gasteiger partial charge on any atom is -0.490 e. The van der Waals surface area contributed by atoms with E-state index in [9.17, 15) is 4.39 Å². The van der Waals surface area contributed by atoms with Gasteiger partial charge in [0, 0.05) is 5.75 Å². The number of benzene rings is 1. The Labute approximate surface area is 130 Å². The first-order valence-electron chi connectivity index (χ1n) is 6.61. The molecule has 6 nitrogen and oxygen atoms in total. The van der Waals surface area contributed by atoms with Crippen LogP contribution < -0.4 is 4.74 Å². The number of furan rings is 1. The maximum atomic E-state index is 13.4. The largest absolute Gasteiger partial charge is 0.490 e. The molecule has 2 heterocycles. The van der Waals surface area contributed by atoms with Crippen molar-refractivity contribution in [3.05, 3.63) is 54.2 Å². The number of ether oxygens (including phenoxy) is 1. The first-order valence-corrected chi connectivity index (χ1v) is 7.60. The molecule has 8 heteroatoms. The number of para-hydroxylation sites is 1. The van der Waals surface area contributed by atoms with Crippen LogP contribution in [0.25, 0.3) is 0 Å². The third-order valence-electron chi connectivity index (χ3n) is 2.79. The van der Waals surface area contributed by atoms with E-state index in [2.05, 4.69) is 15.5 Å². The van der Waals surface area contributed by atoms with Gasteiger partial charge in [0.2, 0.25) is 5.16 Å². The molecule has 0 aliphatic heterocycles. The molecular weight excluding hydrogens is 307 g/mol. The molecule has 0 saturated carbocycles. The van der Waals surface area contributed by atoms with E-state index in [1.54, 1.807) is 29.1 Å². The van der Waals surface area contributed by atoms with Gasteiger partial charge in [-0.1, -0.05) is 23.9 Å². The average Bonchev–Trinajstić information content (AvgIpc) is 3.18. The highest BCUT2D eigenvalue weighted by Gasteiger charge is 2.09. The fraction of sp³-hybridized carbons (Fsp3) is 0.214. The maximum Gasteiger partial charge on any atom is 0.209 e. The smallest absolute Gasteiger partial charge is 0.209 e. The second-order valence-electron chi connectivity index (χ2n) is 4.33. The molecule has 22 heavy (non-hydrogen) atoms. The van der Waals surface area contributed by atoms with Crippen LogP contribution in [0.3, 0.4) is 0 Å². The van der Waals surface area contributed by atoms with E-state index in [1.165, 1.54) is 17.8 Å². The zero-order valence-corrected chi connectivity index (χ0v) is 12.4. The summed E-state index contributed by atoms with van der Waals surface area (Å²) in [5.74, 6) is 1.26. The van der Waals surface area contributed by atoms with Crippen LogP contribution in [0, 0.1) is 5.82 Å². The standard InChI is InChI=1S/C14H13FN4O2S/c15-12-5-1-2-6-13(12)21-8-9-22-14-16-17-18-19(14)10-11-4-3-7-20-11/h1-7H,8-10H2. The molecule has 3 rings (SSSR count). The predicted molar refractivity (Wildman–Crippen MR) is 78.2 cm³/mol. The molecule has 0 spiro atoms. The van der Waals surface area contributed by atoms with Gasteiger partial charge < -0.3 is 9.15 Å². The van der Waals surface area contributed by atoms with Crippen LogP contribution in [0.4, 0.5) is 4.39 Å². The van der Waals surface area contributed by atoms with Gasteiger partial charge in [-0.15, -0.1) is 5.10 Å². The van der Waals surface area contributed by atoms with Crippen molar-refractivity contribution >= 4 is 11.8 Å². The van der Waals surface area contributed by atoms with E-state index in [0.29, 0.717) is 24.1 Å². The van der Waals surface area contributed by atoms with Crippen molar-refractivity contribution in [2.24, 2.45) is 0 Å². The predicted octanol–water partition coefficient (Wildman–Crippen LogP) is 2.62. The second-order valence-corrected chi connectivity index (χ2v) is 5.39. The Morgan fingerprint density at radius 2 is 2.14 bits per heavy atom. The molecule has 0 bridgehead atoms. The third kappa shape index (κ3) is 3.64. The number of nitrogens with zero attached hydrogens (tertiary/aromatic N) is 4. The lowest BCUT2D eigenvalue weighted by Gasteiger charge is -2.06. The number of aromatic nitrogens is 4. The number of hydrogen-bond acceptors (Lipinski definition) is 6. The van der Waals surface area contributed by atoms with Crippen molar-refractivity contribution in [1.29, 1.82) is 0 Å². The van der Waals surface area contributed by atoms with Crippen LogP contribution in [-0.2, 0) is 6.54 Å². The first kappa shape index (κ1) is 14.6. The van der Waals surface area contributed by atoms with Gasteiger partial charge in [-0.3, -0.25) is 0 Å². The average molecular weight is 320 g/mol. The van der Waals surface area contributed by atoms with E-state index in [1.807, 2.05) is 12.1 Å². The van der Waals surface area contributed by atoms with Crippen molar-refractivity contribution in [2.75, 3.05) is 12.4 Å². The molecular formula is C14H13FN4O2S. The highest BCUT2D eigenvalue weighted by molar-refractivity contribution is 7.99. The van der Waals surface area contributed by atoms with Crippen LogP contribution in [0.2, 0.25) is 0 Å². The van der Waals surface area contributed by atoms with Gasteiger partial charge in [-0.25, -0.2) is 9.07 Å². The van der Waals surface area contributed by atoms with E-state index in [0.717, 1.165) is 5.76 Å². The number of hydrogen-bond donors (Lipinski definition) is 0. The highest BCUT2D eigenvalue weighted by Crippen LogP contribution is 2.18. The van der Waals surface area contributed by atoms with E-state index < -0.39 is 0 Å². The topological polar surface area (TPSA) is 66.0 Å². The summed E-state index contributed by atoms with van der Waals surface area (Å²) in [5, 5.41) is 12.2. The molecule has 0 unspecified atom stereocenters. The summed E-state index contributed by atoms with van der Waals surface area (Å²) in [4.78, 5) is 0. The maximum absolute atomic E-state index is 13.4. The normalized spacial score (nSPS) is 10.8. The van der Waals surface area contributed by atoms with Crippen molar-refractivity contribution in [3.63, 3.8) is 0 Å². The van der Waals surface area contributed by atoms with Crippen LogP contribution in [0.15, 0.2) is 52.2 Å². The van der Waals surface area contributed by atoms with E-state index in [-0.39, 0.29) is 11.6 Å². The van der Waals surface area contributed by atoms with Gasteiger partial charge in [-0.2, -0.15) is 0 Å². The summed E-state index contributed by atoms with van der Waals surface area (Å²) in [6, 6.07) is 9.99. The van der Waals surface area contributed by atoms with Crippen LogP contribution >= 0.6 is 11.8 Å². The van der Waals surface area contributed by atoms with Gasteiger partial charge in [0.25, 0.3) is 0 Å². The third-order valence-corrected chi connectivity index (χ3v) is 3.71. The lowest BCUT2D eigenvalue weighted by atomic mass is 10.3. The van der Waals surface area contributed by atoms with Gasteiger partial charge in [-0.05, 0) is 34.7 Å². The molecule has 0 amide bonds. The summed E-state index contributed by atoms with van der Waals surface area (Å²) >= 11 is 1.44. The SMILES string of the molecule is Fc1ccccc1OCCSc1nnnn1Cc1ccco1. The number of halogens is 1. The van der Waals surface area contributed by atoms with Crippen LogP contribution in [0.1, 0.15) is 5.76 Å². The Balaban J connectivity index is 1.50. The molecule has 0 atom stereocenters. The van der Waals surface area contributed by atoms with Gasteiger partial charge in [0.1, 0.15) is 12.3 Å². The van der Waals surface area contributed by atoms with Crippen molar-refractivity contribution in [2.45, 2.75) is 11.7 Å². The van der Waals surface area contributed by atoms with E-state index >= 15 is 0 Å². The van der Waals surface area contributed by atoms with Crippen molar-refractivity contribution in [1.82, 2.24) is 20.2 Å². The van der Waals surface area contributed by atoms with E-state index in [4.69, 9.17) is 9.15 Å². The number of tetrazole rings is 1. The Morgan fingerprint density at radius 3 is 2.95 bits per heavy atom. The minimum atomic E-state index is -0.366. The van der Waals surface area contributed by atoms with Gasteiger partial charge >= 0.3 is 0 Å². The fourth-order valence-electron chi connectivity index (χ4n) is 1.80. The quantitative estimate of drug-likeness (QED) is 0.492. The first-order chi connectivity index (χ1) is 10.8. The zero-order chi connectivity index (χ0) is 15.2. The zero-order valence-electron chi connectivity index (χ0n) is 11.6. The molecule has 0 radical (unpaired) electrons. The van der Waals surface area contributed by atoms with Crippen LogP contribution in [-0.4, -0.2) is 32.6 Å². The van der Waals surface area contributed by atoms with Gasteiger partial charge in [0.05, 0.1) is 12.9 Å². The molecule has 0 fully saturated rings.